The van der Waals surface area contributed by atoms with Gasteiger partial charge in [0.25, 0.3) is 0 Å². The highest BCUT2D eigenvalue weighted by atomic mass is 16.6. The fourth-order valence-corrected chi connectivity index (χ4v) is 2.79. The molecular formula is C21H45NO6. The lowest BCUT2D eigenvalue weighted by molar-refractivity contribution is -0.0366. The summed E-state index contributed by atoms with van der Waals surface area (Å²) in [5.41, 5.74) is 0. The maximum Gasteiger partial charge on any atom is 0.0704 e. The first kappa shape index (κ1) is 27.7. The number of ether oxygens (including phenoxy) is 6. The largest absolute Gasteiger partial charge is 0.382 e. The van der Waals surface area contributed by atoms with Crippen LogP contribution >= 0.6 is 0 Å². The second kappa shape index (κ2) is 23.0. The Hall–Kier alpha value is -0.280. The molecule has 1 aliphatic heterocycles. The van der Waals surface area contributed by atoms with Crippen molar-refractivity contribution in [2.45, 2.75) is 46.1 Å². The van der Waals surface area contributed by atoms with Crippen LogP contribution in [0, 0.1) is 0 Å². The van der Waals surface area contributed by atoms with Gasteiger partial charge >= 0.3 is 0 Å². The minimum Gasteiger partial charge on any atom is -0.382 e. The molecule has 0 aromatic rings. The van der Waals surface area contributed by atoms with Crippen molar-refractivity contribution in [2.24, 2.45) is 0 Å². The van der Waals surface area contributed by atoms with Gasteiger partial charge in [-0.25, -0.2) is 0 Å². The summed E-state index contributed by atoms with van der Waals surface area (Å²) >= 11 is 0. The molecule has 170 valence electrons. The van der Waals surface area contributed by atoms with E-state index >= 15 is 0 Å². The van der Waals surface area contributed by atoms with E-state index in [-0.39, 0.29) is 0 Å². The smallest absolute Gasteiger partial charge is 0.0704 e. The monoisotopic (exact) mass is 407 g/mol. The first-order valence-electron chi connectivity index (χ1n) is 11.0. The molecule has 0 amide bonds. The maximum absolute atomic E-state index is 5.88. The summed E-state index contributed by atoms with van der Waals surface area (Å²) in [4.78, 5) is 2.52. The van der Waals surface area contributed by atoms with E-state index in [2.05, 4.69) is 11.8 Å². The summed E-state index contributed by atoms with van der Waals surface area (Å²) in [7, 11) is 1.66. The third-order valence-corrected chi connectivity index (χ3v) is 4.20. The van der Waals surface area contributed by atoms with Gasteiger partial charge in [-0.1, -0.05) is 20.8 Å². The summed E-state index contributed by atoms with van der Waals surface area (Å²) in [6, 6.07) is 0. The van der Waals surface area contributed by atoms with Gasteiger partial charge in [0, 0.05) is 20.2 Å². The Labute approximate surface area is 172 Å². The van der Waals surface area contributed by atoms with E-state index in [1.54, 1.807) is 7.11 Å². The third kappa shape index (κ3) is 17.8. The van der Waals surface area contributed by atoms with Crippen LogP contribution in [0.5, 0.6) is 0 Å². The number of nitrogens with zero attached hydrogens (tertiary/aromatic N) is 1. The van der Waals surface area contributed by atoms with E-state index in [4.69, 9.17) is 28.4 Å². The lowest BCUT2D eigenvalue weighted by atomic mass is 10.1. The van der Waals surface area contributed by atoms with Gasteiger partial charge in [0.1, 0.15) is 0 Å². The summed E-state index contributed by atoms with van der Waals surface area (Å²) in [5.74, 6) is 0. The van der Waals surface area contributed by atoms with E-state index < -0.39 is 0 Å². The van der Waals surface area contributed by atoms with Crippen LogP contribution in [-0.4, -0.2) is 104 Å². The highest BCUT2D eigenvalue weighted by Crippen LogP contribution is 2.13. The zero-order valence-electron chi connectivity index (χ0n) is 18.8. The Balaban J connectivity index is 0.00000352. The van der Waals surface area contributed by atoms with Crippen molar-refractivity contribution in [2.75, 3.05) is 92.8 Å². The Morgan fingerprint density at radius 2 is 1.11 bits per heavy atom. The molecule has 1 heterocycles. The Bertz CT molecular complexity index is 288. The molecule has 7 heteroatoms. The highest BCUT2D eigenvalue weighted by Gasteiger charge is 2.18. The van der Waals surface area contributed by atoms with Crippen molar-refractivity contribution >= 4 is 0 Å². The summed E-state index contributed by atoms with van der Waals surface area (Å²) in [5, 5.41) is 0. The first-order valence-corrected chi connectivity index (χ1v) is 11.0. The highest BCUT2D eigenvalue weighted by molar-refractivity contribution is 4.72. The topological polar surface area (TPSA) is 58.6 Å². The molecule has 0 unspecified atom stereocenters. The quantitative estimate of drug-likeness (QED) is 0.324. The molecule has 0 aromatic heterocycles. The fourth-order valence-electron chi connectivity index (χ4n) is 2.79. The van der Waals surface area contributed by atoms with Gasteiger partial charge < -0.3 is 33.3 Å². The SMILES string of the molecule is CC.CCCN1CCC(OCCOCCOCCOCCOCCOC)CC1. The molecule has 1 rings (SSSR count). The molecular weight excluding hydrogens is 362 g/mol. The summed E-state index contributed by atoms with van der Waals surface area (Å²) < 4.78 is 32.4. The Kier molecular flexibility index (Phi) is 22.8. The number of methoxy groups -OCH3 is 1. The minimum absolute atomic E-state index is 0.401. The van der Waals surface area contributed by atoms with Gasteiger partial charge in [0.15, 0.2) is 0 Å². The lowest BCUT2D eigenvalue weighted by Gasteiger charge is -2.31. The van der Waals surface area contributed by atoms with Gasteiger partial charge in [0.2, 0.25) is 0 Å². The zero-order valence-corrected chi connectivity index (χ0v) is 18.8. The fraction of sp³-hybridized carbons (Fsp3) is 1.00. The van der Waals surface area contributed by atoms with Gasteiger partial charge in [-0.3, -0.25) is 0 Å². The Morgan fingerprint density at radius 3 is 1.54 bits per heavy atom. The van der Waals surface area contributed by atoms with Crippen molar-refractivity contribution in [1.82, 2.24) is 4.90 Å². The molecule has 0 N–H and O–H groups in total. The number of likely N-dealkylation sites (tertiary alicyclic amines) is 1. The molecule has 0 bridgehead atoms. The molecule has 1 fully saturated rings. The van der Waals surface area contributed by atoms with Crippen LogP contribution in [0.25, 0.3) is 0 Å². The van der Waals surface area contributed by atoms with E-state index in [0.717, 1.165) is 25.9 Å². The zero-order chi connectivity index (χ0) is 20.7. The molecule has 0 atom stereocenters. The van der Waals surface area contributed by atoms with Crippen molar-refractivity contribution < 1.29 is 28.4 Å². The van der Waals surface area contributed by atoms with Crippen molar-refractivity contribution in [3.8, 4) is 0 Å². The summed E-state index contributed by atoms with van der Waals surface area (Å²) in [6.45, 7) is 15.8. The second-order valence-electron chi connectivity index (χ2n) is 6.35. The molecule has 0 aromatic carbocycles. The molecule has 0 aliphatic carbocycles. The number of hydrogen-bond acceptors (Lipinski definition) is 7. The molecule has 1 aliphatic rings. The first-order chi connectivity index (χ1) is 13.9. The van der Waals surface area contributed by atoms with Crippen LogP contribution < -0.4 is 0 Å². The minimum atomic E-state index is 0.401. The van der Waals surface area contributed by atoms with Gasteiger partial charge in [-0.15, -0.1) is 0 Å². The average Bonchev–Trinajstić information content (AvgIpc) is 2.74. The maximum atomic E-state index is 5.88. The normalized spacial score (nSPS) is 15.4. The number of rotatable bonds is 18. The second-order valence-corrected chi connectivity index (χ2v) is 6.35. The third-order valence-electron chi connectivity index (χ3n) is 4.20. The van der Waals surface area contributed by atoms with Crippen LogP contribution in [0.3, 0.4) is 0 Å². The van der Waals surface area contributed by atoms with Crippen molar-refractivity contribution in [3.63, 3.8) is 0 Å². The van der Waals surface area contributed by atoms with Crippen LogP contribution in [0.1, 0.15) is 40.0 Å². The van der Waals surface area contributed by atoms with Gasteiger partial charge in [-0.05, 0) is 25.8 Å². The van der Waals surface area contributed by atoms with Gasteiger partial charge in [-0.2, -0.15) is 0 Å². The molecule has 0 saturated carbocycles. The summed E-state index contributed by atoms with van der Waals surface area (Å²) in [6.07, 6.45) is 3.91. The van der Waals surface area contributed by atoms with Crippen LogP contribution in [-0.2, 0) is 28.4 Å². The average molecular weight is 408 g/mol. The molecule has 0 radical (unpaired) electrons. The van der Waals surface area contributed by atoms with Crippen molar-refractivity contribution in [1.29, 1.82) is 0 Å². The van der Waals surface area contributed by atoms with E-state index in [9.17, 15) is 0 Å². The number of hydrogen-bond donors (Lipinski definition) is 0. The van der Waals surface area contributed by atoms with Crippen molar-refractivity contribution in [3.05, 3.63) is 0 Å². The molecule has 7 nitrogen and oxygen atoms in total. The van der Waals surface area contributed by atoms with E-state index in [0.29, 0.717) is 72.2 Å². The predicted octanol–water partition coefficient (Wildman–Crippen LogP) is 2.62. The lowest BCUT2D eigenvalue weighted by Crippen LogP contribution is -2.37. The van der Waals surface area contributed by atoms with Gasteiger partial charge in [0.05, 0.1) is 72.2 Å². The number of piperidine rings is 1. The van der Waals surface area contributed by atoms with Crippen LogP contribution in [0.2, 0.25) is 0 Å². The predicted molar refractivity (Wildman–Crippen MR) is 112 cm³/mol. The molecule has 28 heavy (non-hydrogen) atoms. The standard InChI is InChI=1S/C19H39NO6.C2H6/c1-3-6-20-7-4-19(5-8-20)26-18-17-25-16-15-24-14-13-23-12-11-22-10-9-21-2;1-2/h19H,3-18H2,1-2H3;1-2H3. The Morgan fingerprint density at radius 1 is 0.679 bits per heavy atom. The van der Waals surface area contributed by atoms with E-state index in [1.807, 2.05) is 13.8 Å². The molecule has 1 saturated heterocycles. The van der Waals surface area contributed by atoms with Crippen LogP contribution in [0.4, 0.5) is 0 Å². The van der Waals surface area contributed by atoms with Crippen LogP contribution in [0.15, 0.2) is 0 Å². The van der Waals surface area contributed by atoms with E-state index in [1.165, 1.54) is 13.0 Å². The molecule has 0 spiro atoms.